The third-order valence-electron chi connectivity index (χ3n) is 6.84. The largest absolute Gasteiger partial charge is 0.494 e. The number of hydrogen-bond acceptors (Lipinski definition) is 7. The highest BCUT2D eigenvalue weighted by Gasteiger charge is 2.54. The van der Waals surface area contributed by atoms with E-state index < -0.39 is 47.3 Å². The van der Waals surface area contributed by atoms with Gasteiger partial charge in [0.05, 0.1) is 6.61 Å². The van der Waals surface area contributed by atoms with Gasteiger partial charge < -0.3 is 24.6 Å². The van der Waals surface area contributed by atoms with Gasteiger partial charge >= 0.3 is 5.97 Å². The molecule has 2 N–H and O–H groups in total. The summed E-state index contributed by atoms with van der Waals surface area (Å²) in [5, 5.41) is 11.7. The molecule has 0 saturated heterocycles. The maximum atomic E-state index is 14.5. The van der Waals surface area contributed by atoms with Crippen molar-refractivity contribution in [1.29, 1.82) is 0 Å². The van der Waals surface area contributed by atoms with E-state index in [0.717, 1.165) is 12.1 Å². The Hall–Kier alpha value is -3.83. The molecule has 0 bridgehead atoms. The highest BCUT2D eigenvalue weighted by Crippen LogP contribution is 2.45. The van der Waals surface area contributed by atoms with E-state index in [2.05, 4.69) is 21.2 Å². The van der Waals surface area contributed by atoms with Crippen molar-refractivity contribution in [2.45, 2.75) is 63.8 Å². The highest BCUT2D eigenvalue weighted by atomic mass is 79.9. The van der Waals surface area contributed by atoms with Crippen LogP contribution in [0, 0.1) is 11.6 Å². The molecule has 3 aromatic carbocycles. The number of aliphatic hydroxyl groups excluding tert-OH is 1. The summed E-state index contributed by atoms with van der Waals surface area (Å²) < 4.78 is 47.1. The lowest BCUT2D eigenvalue weighted by molar-refractivity contribution is -0.155. The maximum Gasteiger partial charge on any atom is 0.306 e. The van der Waals surface area contributed by atoms with Crippen LogP contribution in [0.15, 0.2) is 76.2 Å². The van der Waals surface area contributed by atoms with Crippen LogP contribution in [0.5, 0.6) is 5.75 Å². The van der Waals surface area contributed by atoms with Gasteiger partial charge in [-0.1, -0.05) is 40.2 Å². The topological polar surface area (TPSA) is 106 Å². The molecular weight excluding hydrogens is 638 g/mol. The maximum absolute atomic E-state index is 14.5. The van der Waals surface area contributed by atoms with Crippen LogP contribution >= 0.6 is 15.9 Å². The fourth-order valence-corrected chi connectivity index (χ4v) is 5.24. The number of esters is 1. The second-order valence-corrected chi connectivity index (χ2v) is 12.1. The number of carbonyl (C=O) groups excluding carboxylic acids is 2. The number of nitrogens with one attached hydrogen (secondary N) is 1. The Morgan fingerprint density at radius 1 is 1.05 bits per heavy atom. The molecule has 0 fully saturated rings. The van der Waals surface area contributed by atoms with Crippen LogP contribution in [0.4, 0.5) is 8.78 Å². The number of amides is 1. The van der Waals surface area contributed by atoms with Crippen molar-refractivity contribution in [1.82, 2.24) is 5.32 Å². The Morgan fingerprint density at radius 3 is 2.36 bits per heavy atom. The van der Waals surface area contributed by atoms with Gasteiger partial charge in [0, 0.05) is 47.2 Å². The van der Waals surface area contributed by atoms with Crippen molar-refractivity contribution >= 4 is 33.7 Å². The van der Waals surface area contributed by atoms with Gasteiger partial charge in [-0.05, 0) is 69.7 Å². The number of hydrogen-bond donors (Lipinski definition) is 2. The number of rotatable bonds is 12. The summed E-state index contributed by atoms with van der Waals surface area (Å²) in [4.78, 5) is 31.9. The molecule has 4 rings (SSSR count). The molecule has 2 atom stereocenters. The van der Waals surface area contributed by atoms with Crippen LogP contribution in [0.1, 0.15) is 62.8 Å². The van der Waals surface area contributed by atoms with E-state index in [9.17, 15) is 18.4 Å². The molecule has 0 radical (unpaired) electrons. The molecule has 1 aliphatic rings. The molecule has 0 saturated carbocycles. The summed E-state index contributed by atoms with van der Waals surface area (Å²) >= 11 is 3.55. The number of nitrogens with zero attached hydrogens (tertiary/aromatic N) is 1. The van der Waals surface area contributed by atoms with Crippen LogP contribution in [0.25, 0.3) is 0 Å². The minimum Gasteiger partial charge on any atom is -0.494 e. The molecule has 1 aliphatic heterocycles. The van der Waals surface area contributed by atoms with Crippen molar-refractivity contribution in [3.63, 3.8) is 0 Å². The van der Waals surface area contributed by atoms with E-state index in [1.54, 1.807) is 63.2 Å². The lowest BCUT2D eigenvalue weighted by Gasteiger charge is -2.31. The summed E-state index contributed by atoms with van der Waals surface area (Å²) in [7, 11) is 0. The first kappa shape index (κ1) is 33.1. The van der Waals surface area contributed by atoms with Crippen LogP contribution < -0.4 is 10.1 Å². The first-order valence-electron chi connectivity index (χ1n) is 14.2. The SMILES string of the molecule is CC(C)(C)OC(=O)CC[C@@]1(C(=O)NCc2c(F)cccc2F)N=C(c2ccc(OCCCO)cc2)O[C@@H]1c1ccccc1Br. The van der Waals surface area contributed by atoms with Gasteiger partial charge in [-0.15, -0.1) is 0 Å². The molecule has 1 heterocycles. The van der Waals surface area contributed by atoms with Gasteiger partial charge in [0.2, 0.25) is 5.90 Å². The molecule has 44 heavy (non-hydrogen) atoms. The summed E-state index contributed by atoms with van der Waals surface area (Å²) in [6.45, 7) is 5.13. The van der Waals surface area contributed by atoms with E-state index >= 15 is 0 Å². The van der Waals surface area contributed by atoms with Crippen LogP contribution in [0.2, 0.25) is 0 Å². The predicted octanol–water partition coefficient (Wildman–Crippen LogP) is 6.18. The van der Waals surface area contributed by atoms with Crippen molar-refractivity contribution < 1.29 is 37.7 Å². The van der Waals surface area contributed by atoms with Gasteiger partial charge in [-0.25, -0.2) is 13.8 Å². The van der Waals surface area contributed by atoms with Crippen molar-refractivity contribution in [3.8, 4) is 5.75 Å². The van der Waals surface area contributed by atoms with Gasteiger partial charge in [0.25, 0.3) is 5.91 Å². The minimum absolute atomic E-state index is 0.0101. The first-order valence-corrected chi connectivity index (χ1v) is 15.0. The van der Waals surface area contributed by atoms with E-state index in [1.807, 2.05) is 6.07 Å². The zero-order valence-corrected chi connectivity index (χ0v) is 26.3. The average molecular weight is 674 g/mol. The molecule has 11 heteroatoms. The zero-order valence-electron chi connectivity index (χ0n) is 24.7. The quantitative estimate of drug-likeness (QED) is 0.176. The smallest absolute Gasteiger partial charge is 0.306 e. The van der Waals surface area contributed by atoms with E-state index in [4.69, 9.17) is 24.3 Å². The summed E-state index contributed by atoms with van der Waals surface area (Å²) in [6.07, 6.45) is -0.832. The lowest BCUT2D eigenvalue weighted by atomic mass is 9.83. The van der Waals surface area contributed by atoms with Crippen molar-refractivity contribution in [3.05, 3.63) is 99.5 Å². The number of carbonyl (C=O) groups is 2. The molecule has 0 aliphatic carbocycles. The molecular formula is C33H35BrF2N2O6. The molecule has 3 aromatic rings. The molecule has 8 nitrogen and oxygen atoms in total. The molecule has 0 spiro atoms. The molecule has 0 unspecified atom stereocenters. The molecule has 0 aromatic heterocycles. The number of aliphatic imine (C=N–C) groups is 1. The fourth-order valence-electron chi connectivity index (χ4n) is 4.74. The Labute approximate surface area is 263 Å². The molecule has 234 valence electrons. The number of ether oxygens (including phenoxy) is 3. The summed E-state index contributed by atoms with van der Waals surface area (Å²) in [5.74, 6) is -2.10. The minimum atomic E-state index is -1.71. The van der Waals surface area contributed by atoms with E-state index in [-0.39, 0.29) is 30.9 Å². The Kier molecular flexibility index (Phi) is 10.7. The second-order valence-electron chi connectivity index (χ2n) is 11.3. The van der Waals surface area contributed by atoms with Crippen LogP contribution in [0.3, 0.4) is 0 Å². The second kappa shape index (κ2) is 14.3. The van der Waals surface area contributed by atoms with Gasteiger partial charge in [0.15, 0.2) is 11.6 Å². The van der Waals surface area contributed by atoms with Gasteiger partial charge in [0.1, 0.15) is 23.0 Å². The van der Waals surface area contributed by atoms with Gasteiger partial charge in [-0.3, -0.25) is 9.59 Å². The predicted molar refractivity (Wildman–Crippen MR) is 164 cm³/mol. The van der Waals surface area contributed by atoms with Crippen molar-refractivity contribution in [2.24, 2.45) is 4.99 Å². The van der Waals surface area contributed by atoms with E-state index in [1.165, 1.54) is 6.07 Å². The third kappa shape index (κ3) is 8.00. The Balaban J connectivity index is 1.75. The lowest BCUT2D eigenvalue weighted by Crippen LogP contribution is -2.48. The Bertz CT molecular complexity index is 1490. The first-order chi connectivity index (χ1) is 20.9. The monoisotopic (exact) mass is 672 g/mol. The zero-order chi connectivity index (χ0) is 31.9. The number of aliphatic hydroxyl groups is 1. The number of benzene rings is 3. The highest BCUT2D eigenvalue weighted by molar-refractivity contribution is 9.10. The van der Waals surface area contributed by atoms with Crippen LogP contribution in [-0.2, 0) is 25.6 Å². The van der Waals surface area contributed by atoms with Crippen molar-refractivity contribution in [2.75, 3.05) is 13.2 Å². The number of halogens is 3. The third-order valence-corrected chi connectivity index (χ3v) is 7.56. The summed E-state index contributed by atoms with van der Waals surface area (Å²) in [6, 6.07) is 17.5. The average Bonchev–Trinajstić information content (AvgIpc) is 3.36. The normalized spacial score (nSPS) is 17.9. The molecule has 1 amide bonds. The van der Waals surface area contributed by atoms with E-state index in [0.29, 0.717) is 34.4 Å². The summed E-state index contributed by atoms with van der Waals surface area (Å²) in [5.41, 5.74) is -1.64. The van der Waals surface area contributed by atoms with Gasteiger partial charge in [-0.2, -0.15) is 0 Å². The Morgan fingerprint density at radius 2 is 1.73 bits per heavy atom. The standard InChI is InChI=1S/C33H35BrF2N2O6/c1-32(2,3)44-28(40)16-17-33(31(41)37-20-24-26(35)10-6-11-27(24)36)29(23-8-4-5-9-25(23)34)43-30(38-33)21-12-14-22(15-13-21)42-19-7-18-39/h4-6,8-15,29,39H,7,16-20H2,1-3H3,(H,37,41)/t29-,33-/m1/s1. The van der Waals surface area contributed by atoms with Crippen LogP contribution in [-0.4, -0.2) is 47.2 Å². The fraction of sp³-hybridized carbons (Fsp3) is 0.364.